The Hall–Kier alpha value is -3.76. The number of anilines is 2. The molecule has 5 rings (SSSR count). The summed E-state index contributed by atoms with van der Waals surface area (Å²) in [5.74, 6) is -0.0674. The molecule has 0 bridgehead atoms. The maximum atomic E-state index is 11.3. The first kappa shape index (κ1) is 22.1. The SMILES string of the molecule is CC(=O)Nc1ccc(NCc2c3ccccc3c(Sc3ccc(C)cc3)c3ccccc23)cc1. The van der Waals surface area contributed by atoms with Gasteiger partial charge < -0.3 is 10.6 Å². The zero-order valence-electron chi connectivity index (χ0n) is 19.3. The van der Waals surface area contributed by atoms with E-state index in [1.807, 2.05) is 36.0 Å². The van der Waals surface area contributed by atoms with Crippen molar-refractivity contribution < 1.29 is 4.79 Å². The zero-order chi connectivity index (χ0) is 23.5. The smallest absolute Gasteiger partial charge is 0.221 e. The molecule has 168 valence electrons. The highest BCUT2D eigenvalue weighted by Crippen LogP contribution is 2.42. The molecule has 0 radical (unpaired) electrons. The van der Waals surface area contributed by atoms with Gasteiger partial charge in [-0.1, -0.05) is 78.0 Å². The summed E-state index contributed by atoms with van der Waals surface area (Å²) in [5, 5.41) is 11.5. The van der Waals surface area contributed by atoms with E-state index >= 15 is 0 Å². The Bertz CT molecular complexity index is 1420. The number of amides is 1. The molecule has 1 amide bonds. The van der Waals surface area contributed by atoms with Gasteiger partial charge in [0.15, 0.2) is 0 Å². The fourth-order valence-electron chi connectivity index (χ4n) is 4.27. The highest BCUT2D eigenvalue weighted by atomic mass is 32.2. The number of carbonyl (C=O) groups is 1. The predicted octanol–water partition coefficient (Wildman–Crippen LogP) is 8.02. The van der Waals surface area contributed by atoms with Crippen LogP contribution in [0.2, 0.25) is 0 Å². The van der Waals surface area contributed by atoms with Gasteiger partial charge in [0.2, 0.25) is 5.91 Å². The van der Waals surface area contributed by atoms with Crippen molar-refractivity contribution in [1.82, 2.24) is 0 Å². The number of rotatable bonds is 6. The molecule has 5 aromatic carbocycles. The number of fused-ring (bicyclic) bond motifs is 2. The molecule has 0 aliphatic carbocycles. The quantitative estimate of drug-likeness (QED) is 0.251. The molecule has 2 N–H and O–H groups in total. The van der Waals surface area contributed by atoms with Gasteiger partial charge in [-0.15, -0.1) is 0 Å². The molecule has 5 aromatic rings. The van der Waals surface area contributed by atoms with Crippen LogP contribution in [0, 0.1) is 6.92 Å². The largest absolute Gasteiger partial charge is 0.381 e. The van der Waals surface area contributed by atoms with Crippen molar-refractivity contribution in [3.63, 3.8) is 0 Å². The first-order chi connectivity index (χ1) is 16.6. The van der Waals surface area contributed by atoms with Gasteiger partial charge in [0.05, 0.1) is 0 Å². The molecule has 0 aliphatic heterocycles. The van der Waals surface area contributed by atoms with E-state index in [9.17, 15) is 4.79 Å². The van der Waals surface area contributed by atoms with Gasteiger partial charge in [-0.3, -0.25) is 4.79 Å². The number of carbonyl (C=O) groups excluding carboxylic acids is 1. The second-order valence-corrected chi connectivity index (χ2v) is 9.51. The van der Waals surface area contributed by atoms with Gasteiger partial charge in [-0.05, 0) is 70.4 Å². The second-order valence-electron chi connectivity index (χ2n) is 8.43. The molecule has 0 aromatic heterocycles. The van der Waals surface area contributed by atoms with E-state index in [2.05, 4.69) is 90.4 Å². The summed E-state index contributed by atoms with van der Waals surface area (Å²) in [6.07, 6.45) is 0. The molecule has 4 heteroatoms. The molecule has 0 saturated heterocycles. The van der Waals surface area contributed by atoms with Gasteiger partial charge in [-0.25, -0.2) is 0 Å². The lowest BCUT2D eigenvalue weighted by atomic mass is 9.96. The van der Waals surface area contributed by atoms with Crippen LogP contribution in [0.1, 0.15) is 18.1 Å². The molecule has 0 spiro atoms. The van der Waals surface area contributed by atoms with Crippen LogP contribution in [0.3, 0.4) is 0 Å². The van der Waals surface area contributed by atoms with Crippen LogP contribution in [0.25, 0.3) is 21.5 Å². The first-order valence-corrected chi connectivity index (χ1v) is 12.2. The number of hydrogen-bond acceptors (Lipinski definition) is 3. The van der Waals surface area contributed by atoms with Crippen LogP contribution in [-0.2, 0) is 11.3 Å². The molecular weight excluding hydrogens is 436 g/mol. The average molecular weight is 463 g/mol. The van der Waals surface area contributed by atoms with Crippen LogP contribution in [-0.4, -0.2) is 5.91 Å². The molecule has 0 aliphatic rings. The minimum absolute atomic E-state index is 0.0674. The predicted molar refractivity (Wildman–Crippen MR) is 145 cm³/mol. The third kappa shape index (κ3) is 4.63. The monoisotopic (exact) mass is 462 g/mol. The van der Waals surface area contributed by atoms with Crippen LogP contribution in [0.5, 0.6) is 0 Å². The zero-order valence-corrected chi connectivity index (χ0v) is 20.1. The van der Waals surface area contributed by atoms with Crippen molar-refractivity contribution in [2.24, 2.45) is 0 Å². The fraction of sp³-hybridized carbons (Fsp3) is 0.100. The molecule has 3 nitrogen and oxygen atoms in total. The summed E-state index contributed by atoms with van der Waals surface area (Å²) < 4.78 is 0. The Labute approximate surface area is 204 Å². The van der Waals surface area contributed by atoms with Gasteiger partial charge in [0.1, 0.15) is 0 Å². The number of aryl methyl sites for hydroxylation is 1. The minimum atomic E-state index is -0.0674. The highest BCUT2D eigenvalue weighted by Gasteiger charge is 2.14. The Kier molecular flexibility index (Phi) is 6.24. The first-order valence-electron chi connectivity index (χ1n) is 11.4. The van der Waals surface area contributed by atoms with E-state index in [1.165, 1.54) is 49.4 Å². The maximum Gasteiger partial charge on any atom is 0.221 e. The minimum Gasteiger partial charge on any atom is -0.381 e. The van der Waals surface area contributed by atoms with E-state index in [4.69, 9.17) is 0 Å². The second kappa shape index (κ2) is 9.62. The van der Waals surface area contributed by atoms with Crippen LogP contribution in [0.4, 0.5) is 11.4 Å². The normalized spacial score (nSPS) is 11.0. The highest BCUT2D eigenvalue weighted by molar-refractivity contribution is 7.99. The van der Waals surface area contributed by atoms with Crippen LogP contribution < -0.4 is 10.6 Å². The van der Waals surface area contributed by atoms with E-state index in [0.717, 1.165) is 11.4 Å². The van der Waals surface area contributed by atoms with Crippen molar-refractivity contribution in [2.45, 2.75) is 30.2 Å². The van der Waals surface area contributed by atoms with Gasteiger partial charge >= 0.3 is 0 Å². The molecule has 0 fully saturated rings. The van der Waals surface area contributed by atoms with Crippen LogP contribution >= 0.6 is 11.8 Å². The van der Waals surface area contributed by atoms with Crippen molar-refractivity contribution in [3.05, 3.63) is 108 Å². The molecule has 0 unspecified atom stereocenters. The van der Waals surface area contributed by atoms with Crippen molar-refractivity contribution in [1.29, 1.82) is 0 Å². The fourth-order valence-corrected chi connectivity index (χ4v) is 5.35. The molecular formula is C30H26N2OS. The van der Waals surface area contributed by atoms with E-state index in [-0.39, 0.29) is 5.91 Å². The Morgan fingerprint density at radius 3 is 1.79 bits per heavy atom. The third-order valence-corrected chi connectivity index (χ3v) is 7.06. The van der Waals surface area contributed by atoms with Gasteiger partial charge in [0, 0.05) is 34.6 Å². The summed E-state index contributed by atoms with van der Waals surface area (Å²) >= 11 is 1.83. The Morgan fingerprint density at radius 2 is 1.24 bits per heavy atom. The van der Waals surface area contributed by atoms with E-state index in [0.29, 0.717) is 6.54 Å². The Morgan fingerprint density at radius 1 is 0.706 bits per heavy atom. The summed E-state index contributed by atoms with van der Waals surface area (Å²) in [6, 6.07) is 33.9. The topological polar surface area (TPSA) is 41.1 Å². The number of hydrogen-bond donors (Lipinski definition) is 2. The number of benzene rings is 5. The van der Waals surface area contributed by atoms with Crippen LogP contribution in [0.15, 0.2) is 107 Å². The van der Waals surface area contributed by atoms with E-state index < -0.39 is 0 Å². The van der Waals surface area contributed by atoms with E-state index in [1.54, 1.807) is 0 Å². The summed E-state index contributed by atoms with van der Waals surface area (Å²) in [5.41, 5.74) is 4.36. The third-order valence-electron chi connectivity index (χ3n) is 5.91. The van der Waals surface area contributed by atoms with Gasteiger partial charge in [-0.2, -0.15) is 0 Å². The van der Waals surface area contributed by atoms with Gasteiger partial charge in [0.25, 0.3) is 0 Å². The summed E-state index contributed by atoms with van der Waals surface area (Å²) in [6.45, 7) is 4.34. The standard InChI is InChI=1S/C30H26N2OS/c1-20-11-17-24(18-12-20)34-30-27-9-5-3-7-25(27)29(26-8-4-6-10-28(26)30)19-31-22-13-15-23(16-14-22)32-21(2)33/h3-18,31H,19H2,1-2H3,(H,32,33). The lowest BCUT2D eigenvalue weighted by Gasteiger charge is -2.17. The molecule has 34 heavy (non-hydrogen) atoms. The molecule has 0 atom stereocenters. The summed E-state index contributed by atoms with van der Waals surface area (Å²) in [4.78, 5) is 13.8. The van der Waals surface area contributed by atoms with Crippen molar-refractivity contribution >= 4 is 50.6 Å². The molecule has 0 saturated carbocycles. The average Bonchev–Trinajstić information content (AvgIpc) is 2.85. The van der Waals surface area contributed by atoms with Crippen molar-refractivity contribution in [2.75, 3.05) is 10.6 Å². The van der Waals surface area contributed by atoms with Crippen molar-refractivity contribution in [3.8, 4) is 0 Å². The lowest BCUT2D eigenvalue weighted by Crippen LogP contribution is -2.06. The Balaban J connectivity index is 1.54. The maximum absolute atomic E-state index is 11.3. The summed E-state index contributed by atoms with van der Waals surface area (Å²) in [7, 11) is 0. The number of nitrogens with one attached hydrogen (secondary N) is 2. The lowest BCUT2D eigenvalue weighted by molar-refractivity contribution is -0.114. The molecule has 0 heterocycles.